The minimum Gasteiger partial charge on any atom is -0.350 e. The van der Waals surface area contributed by atoms with Crippen molar-refractivity contribution in [1.82, 2.24) is 15.2 Å². The second-order valence-corrected chi connectivity index (χ2v) is 9.67. The third-order valence-electron chi connectivity index (χ3n) is 5.98. The lowest BCUT2D eigenvalue weighted by Gasteiger charge is -2.27. The molecular formula is C23H19Cl2N3O2S. The molecular weight excluding hydrogens is 453 g/mol. The first kappa shape index (κ1) is 20.5. The zero-order chi connectivity index (χ0) is 21.5. The largest absolute Gasteiger partial charge is 0.350 e. The molecule has 1 aliphatic carbocycles. The number of piperidine rings is 1. The Labute approximate surface area is 194 Å². The molecule has 5 nitrogen and oxygen atoms in total. The molecule has 0 bridgehead atoms. The summed E-state index contributed by atoms with van der Waals surface area (Å²) in [4.78, 5) is 33.0. The van der Waals surface area contributed by atoms with E-state index >= 15 is 0 Å². The zero-order valence-corrected chi connectivity index (χ0v) is 18.8. The first-order valence-electron chi connectivity index (χ1n) is 10.1. The van der Waals surface area contributed by atoms with Crippen LogP contribution in [-0.2, 0) is 0 Å². The lowest BCUT2D eigenvalue weighted by molar-refractivity contribution is 0.0690. The summed E-state index contributed by atoms with van der Waals surface area (Å²) in [6, 6.07) is 14.3. The van der Waals surface area contributed by atoms with Crippen LogP contribution >= 0.6 is 34.5 Å². The van der Waals surface area contributed by atoms with E-state index in [2.05, 4.69) is 10.3 Å². The highest BCUT2D eigenvalue weighted by molar-refractivity contribution is 7.13. The van der Waals surface area contributed by atoms with E-state index in [0.717, 1.165) is 16.9 Å². The van der Waals surface area contributed by atoms with Crippen LogP contribution in [0.5, 0.6) is 0 Å². The number of aromatic nitrogens is 1. The van der Waals surface area contributed by atoms with E-state index in [1.807, 2.05) is 23.1 Å². The van der Waals surface area contributed by atoms with E-state index in [0.29, 0.717) is 46.2 Å². The fourth-order valence-electron chi connectivity index (χ4n) is 4.36. The highest BCUT2D eigenvalue weighted by Gasteiger charge is 2.54. The fraction of sp³-hybridized carbons (Fsp3) is 0.261. The average molecular weight is 472 g/mol. The summed E-state index contributed by atoms with van der Waals surface area (Å²) in [6.07, 6.45) is 1.10. The number of thiazole rings is 1. The van der Waals surface area contributed by atoms with E-state index < -0.39 is 0 Å². The Morgan fingerprint density at radius 2 is 1.90 bits per heavy atom. The van der Waals surface area contributed by atoms with Crippen molar-refractivity contribution < 1.29 is 9.59 Å². The van der Waals surface area contributed by atoms with Gasteiger partial charge in [0.05, 0.1) is 16.4 Å². The molecule has 1 saturated carbocycles. The maximum atomic E-state index is 13.4. The van der Waals surface area contributed by atoms with E-state index in [1.165, 1.54) is 11.3 Å². The van der Waals surface area contributed by atoms with Gasteiger partial charge in [-0.3, -0.25) is 9.59 Å². The molecule has 3 aromatic rings. The number of benzene rings is 2. The first-order chi connectivity index (χ1) is 15.0. The van der Waals surface area contributed by atoms with E-state index in [1.54, 1.807) is 35.8 Å². The van der Waals surface area contributed by atoms with Gasteiger partial charge in [0.2, 0.25) is 0 Å². The Morgan fingerprint density at radius 3 is 2.68 bits per heavy atom. The molecule has 1 aromatic heterocycles. The standard InChI is InChI=1S/C23H19Cl2N3O2S/c24-16-5-1-3-13(7-16)21-20(27-12-31-21)23(30)28-11-15-9-18(15)19(28)10-26-22(29)14-4-2-6-17(25)8-14/h1-8,12,15,18-19H,9-11H2,(H,26,29)/t15-,18-,19+/m0/s1. The molecule has 158 valence electrons. The van der Waals surface area contributed by atoms with Crippen LogP contribution in [0.2, 0.25) is 10.0 Å². The number of amides is 2. The van der Waals surface area contributed by atoms with Gasteiger partial charge in [-0.2, -0.15) is 0 Å². The Kier molecular flexibility index (Phi) is 5.46. The number of halogens is 2. The van der Waals surface area contributed by atoms with Crippen molar-refractivity contribution >= 4 is 46.4 Å². The number of hydrogen-bond acceptors (Lipinski definition) is 4. The van der Waals surface area contributed by atoms with Crippen molar-refractivity contribution in [2.24, 2.45) is 11.8 Å². The van der Waals surface area contributed by atoms with Gasteiger partial charge in [-0.15, -0.1) is 11.3 Å². The van der Waals surface area contributed by atoms with Crippen LogP contribution in [0.15, 0.2) is 54.0 Å². The highest BCUT2D eigenvalue weighted by Crippen LogP contribution is 2.50. The summed E-state index contributed by atoms with van der Waals surface area (Å²) in [5.41, 5.74) is 3.53. The maximum absolute atomic E-state index is 13.4. The normalized spacial score (nSPS) is 21.6. The van der Waals surface area contributed by atoms with E-state index in [4.69, 9.17) is 23.2 Å². The average Bonchev–Trinajstić information content (AvgIpc) is 3.20. The van der Waals surface area contributed by atoms with Gasteiger partial charge < -0.3 is 10.2 Å². The Bertz CT molecular complexity index is 1160. The Morgan fingerprint density at radius 1 is 1.13 bits per heavy atom. The zero-order valence-electron chi connectivity index (χ0n) is 16.4. The van der Waals surface area contributed by atoms with Crippen LogP contribution in [-0.4, -0.2) is 40.8 Å². The molecule has 2 aliphatic rings. The quantitative estimate of drug-likeness (QED) is 0.568. The molecule has 0 unspecified atom stereocenters. The molecule has 1 N–H and O–H groups in total. The van der Waals surface area contributed by atoms with Crippen molar-refractivity contribution in [3.05, 3.63) is 75.3 Å². The molecule has 0 spiro atoms. The summed E-state index contributed by atoms with van der Waals surface area (Å²) >= 11 is 13.6. The van der Waals surface area contributed by atoms with Crippen molar-refractivity contribution in [3.63, 3.8) is 0 Å². The number of fused-ring (bicyclic) bond motifs is 1. The second-order valence-electron chi connectivity index (χ2n) is 7.95. The topological polar surface area (TPSA) is 62.3 Å². The van der Waals surface area contributed by atoms with Gasteiger partial charge in [0, 0.05) is 28.7 Å². The Hall–Kier alpha value is -2.41. The van der Waals surface area contributed by atoms with Crippen LogP contribution < -0.4 is 5.32 Å². The van der Waals surface area contributed by atoms with Crippen LogP contribution in [0.1, 0.15) is 27.3 Å². The fourth-order valence-corrected chi connectivity index (χ4v) is 5.52. The maximum Gasteiger partial charge on any atom is 0.274 e. The molecule has 31 heavy (non-hydrogen) atoms. The number of nitrogens with one attached hydrogen (secondary N) is 1. The SMILES string of the molecule is O=C(NC[C@@H]1[C@H]2C[C@H]2CN1C(=O)c1ncsc1-c1cccc(Cl)c1)c1cccc(Cl)c1. The summed E-state index contributed by atoms with van der Waals surface area (Å²) in [7, 11) is 0. The van der Waals surface area contributed by atoms with Crippen molar-refractivity contribution in [2.75, 3.05) is 13.1 Å². The monoisotopic (exact) mass is 471 g/mol. The van der Waals surface area contributed by atoms with Gasteiger partial charge in [-0.25, -0.2) is 4.98 Å². The lowest BCUT2D eigenvalue weighted by atomic mass is 10.1. The number of hydrogen-bond donors (Lipinski definition) is 1. The van der Waals surface area contributed by atoms with Gasteiger partial charge >= 0.3 is 0 Å². The van der Waals surface area contributed by atoms with Gasteiger partial charge in [0.15, 0.2) is 0 Å². The molecule has 2 aromatic carbocycles. The number of rotatable bonds is 5. The van der Waals surface area contributed by atoms with Gasteiger partial charge in [-0.1, -0.05) is 41.4 Å². The molecule has 0 radical (unpaired) electrons. The predicted molar refractivity (Wildman–Crippen MR) is 123 cm³/mol. The smallest absolute Gasteiger partial charge is 0.274 e. The number of carbonyl (C=O) groups excluding carboxylic acids is 2. The van der Waals surface area contributed by atoms with E-state index in [9.17, 15) is 9.59 Å². The Balaban J connectivity index is 1.33. The number of carbonyl (C=O) groups is 2. The summed E-state index contributed by atoms with van der Waals surface area (Å²) in [5.74, 6) is 0.653. The molecule has 5 rings (SSSR count). The molecule has 2 amide bonds. The molecule has 2 heterocycles. The molecule has 8 heteroatoms. The van der Waals surface area contributed by atoms with Crippen LogP contribution in [0.3, 0.4) is 0 Å². The number of nitrogens with zero attached hydrogens (tertiary/aromatic N) is 2. The van der Waals surface area contributed by atoms with Crippen LogP contribution in [0.4, 0.5) is 0 Å². The van der Waals surface area contributed by atoms with Crippen LogP contribution in [0, 0.1) is 11.8 Å². The minimum absolute atomic E-state index is 0.0328. The summed E-state index contributed by atoms with van der Waals surface area (Å²) < 4.78 is 0. The third-order valence-corrected chi connectivity index (χ3v) is 7.33. The van der Waals surface area contributed by atoms with E-state index in [-0.39, 0.29) is 17.9 Å². The molecule has 3 atom stereocenters. The van der Waals surface area contributed by atoms with Crippen LogP contribution in [0.25, 0.3) is 10.4 Å². The number of likely N-dealkylation sites (tertiary alicyclic amines) is 1. The van der Waals surface area contributed by atoms with Gasteiger partial charge in [-0.05, 0) is 54.2 Å². The molecule has 2 fully saturated rings. The highest BCUT2D eigenvalue weighted by atomic mass is 35.5. The van der Waals surface area contributed by atoms with Crippen molar-refractivity contribution in [3.8, 4) is 10.4 Å². The van der Waals surface area contributed by atoms with Crippen molar-refractivity contribution in [2.45, 2.75) is 12.5 Å². The predicted octanol–water partition coefficient (Wildman–Crippen LogP) is 5.01. The third kappa shape index (κ3) is 4.07. The van der Waals surface area contributed by atoms with Gasteiger partial charge in [0.25, 0.3) is 11.8 Å². The minimum atomic E-state index is -0.188. The molecule has 1 aliphatic heterocycles. The first-order valence-corrected chi connectivity index (χ1v) is 11.7. The summed E-state index contributed by atoms with van der Waals surface area (Å²) in [6.45, 7) is 1.11. The second kappa shape index (κ2) is 8.26. The van der Waals surface area contributed by atoms with Crippen molar-refractivity contribution in [1.29, 1.82) is 0 Å². The molecule has 1 saturated heterocycles. The summed E-state index contributed by atoms with van der Waals surface area (Å²) in [5, 5.41) is 4.12. The van der Waals surface area contributed by atoms with Gasteiger partial charge in [0.1, 0.15) is 5.69 Å². The lowest BCUT2D eigenvalue weighted by Crippen LogP contribution is -2.45.